The van der Waals surface area contributed by atoms with Crippen LogP contribution in [-0.2, 0) is 4.79 Å². The molecule has 0 spiro atoms. The van der Waals surface area contributed by atoms with Gasteiger partial charge < -0.3 is 9.73 Å². The van der Waals surface area contributed by atoms with Crippen molar-refractivity contribution in [3.63, 3.8) is 0 Å². The molecule has 0 saturated carbocycles. The number of thioether (sulfide) groups is 1. The van der Waals surface area contributed by atoms with Gasteiger partial charge in [-0.3, -0.25) is 14.9 Å². The number of nitro benzene ring substituents is 1. The van der Waals surface area contributed by atoms with E-state index in [1.165, 1.54) is 23.9 Å². The molecule has 2 heterocycles. The lowest BCUT2D eigenvalue weighted by atomic mass is 10.1. The molecule has 32 heavy (non-hydrogen) atoms. The molecule has 0 unspecified atom stereocenters. The average Bonchev–Trinajstić information content (AvgIpc) is 3.41. The maximum absolute atomic E-state index is 12.4. The summed E-state index contributed by atoms with van der Waals surface area (Å²) in [6.07, 6.45) is 1.65. The van der Waals surface area contributed by atoms with Gasteiger partial charge in [0.05, 0.1) is 15.5 Å². The molecular weight excluding hydrogens is 426 g/mol. The van der Waals surface area contributed by atoms with E-state index in [1.807, 2.05) is 42.5 Å². The van der Waals surface area contributed by atoms with Crippen molar-refractivity contribution in [3.05, 3.63) is 99.6 Å². The molecule has 0 bridgehead atoms. The van der Waals surface area contributed by atoms with E-state index in [0.717, 1.165) is 16.5 Å². The van der Waals surface area contributed by atoms with Crippen LogP contribution in [0.2, 0.25) is 0 Å². The van der Waals surface area contributed by atoms with Gasteiger partial charge in [-0.1, -0.05) is 36.4 Å². The molecule has 8 heteroatoms. The summed E-state index contributed by atoms with van der Waals surface area (Å²) in [4.78, 5) is 27.9. The first kappa shape index (κ1) is 19.8. The molecular formula is C24H15N3O4S. The summed E-state index contributed by atoms with van der Waals surface area (Å²) in [7, 11) is 0. The Balaban J connectivity index is 1.38. The molecule has 1 aliphatic heterocycles. The lowest BCUT2D eigenvalue weighted by Crippen LogP contribution is -2.19. The van der Waals surface area contributed by atoms with Crippen molar-refractivity contribution in [1.29, 1.82) is 0 Å². The zero-order chi connectivity index (χ0) is 22.1. The SMILES string of the molecule is O=C1NC(=Nc2cccc3ccccc23)S/C1=C/c1ccc(-c2ccc([N+](=O)[O-])cc2)o1. The van der Waals surface area contributed by atoms with Crippen LogP contribution in [-0.4, -0.2) is 16.0 Å². The number of hydrogen-bond donors (Lipinski definition) is 1. The maximum atomic E-state index is 12.4. The van der Waals surface area contributed by atoms with Gasteiger partial charge in [0.15, 0.2) is 5.17 Å². The van der Waals surface area contributed by atoms with Crippen molar-refractivity contribution in [1.82, 2.24) is 5.32 Å². The molecule has 7 nitrogen and oxygen atoms in total. The first-order chi connectivity index (χ1) is 15.6. The van der Waals surface area contributed by atoms with Crippen LogP contribution in [0.5, 0.6) is 0 Å². The number of hydrogen-bond acceptors (Lipinski definition) is 6. The molecule has 0 radical (unpaired) electrons. The standard InChI is InChI=1S/C24H15N3O4S/c28-23-22(14-18-12-13-21(31-18)16-8-10-17(11-9-16)27(29)30)32-24(26-23)25-20-7-3-5-15-4-1-2-6-19(15)20/h1-14H,(H,25,26,28)/b22-14+. The number of nitro groups is 1. The molecule has 4 aromatic rings. The summed E-state index contributed by atoms with van der Waals surface area (Å²) in [5.41, 5.74) is 1.51. The van der Waals surface area contributed by atoms with Crippen LogP contribution in [0, 0.1) is 10.1 Å². The average molecular weight is 441 g/mol. The number of nitrogens with zero attached hydrogens (tertiary/aromatic N) is 2. The Morgan fingerprint density at radius 2 is 1.75 bits per heavy atom. The number of non-ortho nitro benzene ring substituents is 1. The molecule has 0 atom stereocenters. The van der Waals surface area contributed by atoms with E-state index < -0.39 is 4.92 Å². The Morgan fingerprint density at radius 1 is 0.969 bits per heavy atom. The Labute approximate surface area is 186 Å². The summed E-state index contributed by atoms with van der Waals surface area (Å²) >= 11 is 1.24. The monoisotopic (exact) mass is 441 g/mol. The number of rotatable bonds is 4. The minimum absolute atomic E-state index is 0.0136. The molecule has 1 N–H and O–H groups in total. The van der Waals surface area contributed by atoms with Gasteiger partial charge in [0.2, 0.25) is 0 Å². The van der Waals surface area contributed by atoms with Crippen molar-refractivity contribution in [2.75, 3.05) is 0 Å². The Hall–Kier alpha value is -4.17. The molecule has 1 aliphatic rings. The first-order valence-electron chi connectivity index (χ1n) is 9.69. The number of aliphatic imine (C=N–C) groups is 1. The van der Waals surface area contributed by atoms with Gasteiger partial charge >= 0.3 is 0 Å². The van der Waals surface area contributed by atoms with E-state index in [2.05, 4.69) is 10.3 Å². The van der Waals surface area contributed by atoms with E-state index >= 15 is 0 Å². The van der Waals surface area contributed by atoms with Gasteiger partial charge in [-0.2, -0.15) is 0 Å². The number of furan rings is 1. The van der Waals surface area contributed by atoms with Gasteiger partial charge in [-0.05, 0) is 47.5 Å². The highest BCUT2D eigenvalue weighted by Crippen LogP contribution is 2.32. The van der Waals surface area contributed by atoms with Crippen LogP contribution in [0.15, 0.2) is 93.2 Å². The van der Waals surface area contributed by atoms with E-state index in [9.17, 15) is 14.9 Å². The quantitative estimate of drug-likeness (QED) is 0.242. The highest BCUT2D eigenvalue weighted by atomic mass is 32.2. The number of amides is 1. The summed E-state index contributed by atoms with van der Waals surface area (Å²) < 4.78 is 5.81. The molecule has 1 amide bonds. The molecule has 5 rings (SSSR count). The lowest BCUT2D eigenvalue weighted by molar-refractivity contribution is -0.384. The van der Waals surface area contributed by atoms with Gasteiger partial charge in [-0.15, -0.1) is 0 Å². The van der Waals surface area contributed by atoms with E-state index in [0.29, 0.717) is 27.2 Å². The van der Waals surface area contributed by atoms with Crippen molar-refractivity contribution in [2.45, 2.75) is 0 Å². The number of nitrogens with one attached hydrogen (secondary N) is 1. The Kier molecular flexibility index (Phi) is 5.04. The number of fused-ring (bicyclic) bond motifs is 1. The first-order valence-corrected chi connectivity index (χ1v) is 10.5. The summed E-state index contributed by atoms with van der Waals surface area (Å²) in [6, 6.07) is 23.4. The summed E-state index contributed by atoms with van der Waals surface area (Å²) in [5.74, 6) is 0.810. The number of carbonyl (C=O) groups is 1. The zero-order valence-corrected chi connectivity index (χ0v) is 17.3. The van der Waals surface area contributed by atoms with Crippen molar-refractivity contribution in [3.8, 4) is 11.3 Å². The molecule has 0 aliphatic carbocycles. The van der Waals surface area contributed by atoms with Crippen LogP contribution in [0.1, 0.15) is 5.76 Å². The van der Waals surface area contributed by atoms with Crippen LogP contribution < -0.4 is 5.32 Å². The Morgan fingerprint density at radius 3 is 2.56 bits per heavy atom. The van der Waals surface area contributed by atoms with Crippen molar-refractivity contribution < 1.29 is 14.1 Å². The highest BCUT2D eigenvalue weighted by Gasteiger charge is 2.24. The second-order valence-electron chi connectivity index (χ2n) is 6.99. The van der Waals surface area contributed by atoms with Gasteiger partial charge in [0.25, 0.3) is 11.6 Å². The number of amidine groups is 1. The second kappa shape index (κ2) is 8.16. The lowest BCUT2D eigenvalue weighted by Gasteiger charge is -2.02. The van der Waals surface area contributed by atoms with Gasteiger partial charge in [-0.25, -0.2) is 4.99 Å². The fourth-order valence-electron chi connectivity index (χ4n) is 3.36. The van der Waals surface area contributed by atoms with Crippen molar-refractivity contribution in [2.24, 2.45) is 4.99 Å². The number of benzene rings is 3. The largest absolute Gasteiger partial charge is 0.457 e. The summed E-state index contributed by atoms with van der Waals surface area (Å²) in [5, 5.41) is 16.2. The predicted octanol–water partition coefficient (Wildman–Crippen LogP) is 5.90. The zero-order valence-electron chi connectivity index (χ0n) is 16.5. The third kappa shape index (κ3) is 3.91. The normalized spacial score (nSPS) is 16.1. The minimum Gasteiger partial charge on any atom is -0.457 e. The third-order valence-electron chi connectivity index (χ3n) is 4.90. The van der Waals surface area contributed by atoms with Crippen LogP contribution in [0.25, 0.3) is 28.2 Å². The second-order valence-corrected chi connectivity index (χ2v) is 8.02. The fraction of sp³-hybridized carbons (Fsp3) is 0. The third-order valence-corrected chi connectivity index (χ3v) is 5.81. The fourth-order valence-corrected chi connectivity index (χ4v) is 4.17. The molecule has 1 saturated heterocycles. The van der Waals surface area contributed by atoms with E-state index in [1.54, 1.807) is 30.3 Å². The molecule has 3 aromatic carbocycles. The van der Waals surface area contributed by atoms with Crippen LogP contribution >= 0.6 is 11.8 Å². The predicted molar refractivity (Wildman–Crippen MR) is 126 cm³/mol. The van der Waals surface area contributed by atoms with E-state index in [4.69, 9.17) is 4.42 Å². The maximum Gasteiger partial charge on any atom is 0.269 e. The summed E-state index contributed by atoms with van der Waals surface area (Å²) in [6.45, 7) is 0. The van der Waals surface area contributed by atoms with Crippen LogP contribution in [0.4, 0.5) is 11.4 Å². The smallest absolute Gasteiger partial charge is 0.269 e. The van der Waals surface area contributed by atoms with Crippen LogP contribution in [0.3, 0.4) is 0 Å². The minimum atomic E-state index is -0.449. The molecule has 1 aromatic heterocycles. The molecule has 156 valence electrons. The number of carbonyl (C=O) groups excluding carboxylic acids is 1. The van der Waals surface area contributed by atoms with E-state index in [-0.39, 0.29) is 11.6 Å². The van der Waals surface area contributed by atoms with Gasteiger partial charge in [0, 0.05) is 29.2 Å². The molecule has 1 fully saturated rings. The Bertz CT molecular complexity index is 1420. The highest BCUT2D eigenvalue weighted by molar-refractivity contribution is 8.18. The topological polar surface area (TPSA) is 97.7 Å². The van der Waals surface area contributed by atoms with Crippen molar-refractivity contribution >= 4 is 51.1 Å². The van der Waals surface area contributed by atoms with Gasteiger partial charge in [0.1, 0.15) is 11.5 Å².